The summed E-state index contributed by atoms with van der Waals surface area (Å²) in [5.74, 6) is -19.3. The van der Waals surface area contributed by atoms with Crippen LogP contribution in [0.3, 0.4) is 0 Å². The highest BCUT2D eigenvalue weighted by atomic mass is 19.4. The van der Waals surface area contributed by atoms with E-state index in [1.54, 1.807) is 12.1 Å². The molecule has 1 unspecified atom stereocenters. The van der Waals surface area contributed by atoms with Crippen molar-refractivity contribution in [1.82, 2.24) is 4.98 Å². The summed E-state index contributed by atoms with van der Waals surface area (Å²) in [4.78, 5) is 3.75. The molecular formula is C23H24F9N. The fraction of sp³-hybridized carbons (Fsp3) is 0.522. The minimum absolute atomic E-state index is 0.0364. The molecule has 1 atom stereocenters. The van der Waals surface area contributed by atoms with Gasteiger partial charge in [0.2, 0.25) is 0 Å². The first-order chi connectivity index (χ1) is 14.8. The lowest BCUT2D eigenvalue weighted by molar-refractivity contribution is -0.397. The van der Waals surface area contributed by atoms with Crippen LogP contribution in [-0.2, 0) is 10.8 Å². The second kappa shape index (κ2) is 8.51. The topological polar surface area (TPSA) is 12.9 Å². The Morgan fingerprint density at radius 3 is 1.45 bits per heavy atom. The van der Waals surface area contributed by atoms with Crippen molar-refractivity contribution < 1.29 is 39.5 Å². The van der Waals surface area contributed by atoms with Crippen LogP contribution in [0.4, 0.5) is 39.5 Å². The molecule has 1 aromatic carbocycles. The number of aromatic nitrogens is 1. The van der Waals surface area contributed by atoms with Gasteiger partial charge in [-0.2, -0.15) is 39.5 Å². The molecule has 0 aliphatic carbocycles. The summed E-state index contributed by atoms with van der Waals surface area (Å²) >= 11 is 0. The van der Waals surface area contributed by atoms with Crippen LogP contribution in [0, 0.1) is 0 Å². The number of nitrogens with zero attached hydrogens (tertiary/aromatic N) is 1. The quantitative estimate of drug-likeness (QED) is 0.363. The Bertz CT molecular complexity index is 929. The highest BCUT2D eigenvalue weighted by Gasteiger charge is 2.82. The highest BCUT2D eigenvalue weighted by Crippen LogP contribution is 2.57. The Hall–Kier alpha value is -2.26. The first-order valence-corrected chi connectivity index (χ1v) is 10.1. The summed E-state index contributed by atoms with van der Waals surface area (Å²) in [5, 5.41) is 0. The highest BCUT2D eigenvalue weighted by molar-refractivity contribution is 5.41. The van der Waals surface area contributed by atoms with Crippen molar-refractivity contribution in [1.29, 1.82) is 0 Å². The fourth-order valence-corrected chi connectivity index (χ4v) is 3.76. The minimum Gasteiger partial charge on any atom is -0.265 e. The minimum atomic E-state index is -6.93. The SMILES string of the molecule is CCC(CC(F)(F)C(F)(F)C(F)(F)C(F)(F)F)(c1ccncc1)c1ccc(C(C)(C)C)cc1. The van der Waals surface area contributed by atoms with E-state index in [0.717, 1.165) is 5.56 Å². The molecule has 10 heteroatoms. The molecule has 33 heavy (non-hydrogen) atoms. The van der Waals surface area contributed by atoms with E-state index >= 15 is 0 Å². The third-order valence-corrected chi connectivity index (χ3v) is 5.87. The predicted octanol–water partition coefficient (Wildman–Crippen LogP) is 7.93. The lowest BCUT2D eigenvalue weighted by Gasteiger charge is -2.41. The summed E-state index contributed by atoms with van der Waals surface area (Å²) in [5.41, 5.74) is -1.43. The lowest BCUT2D eigenvalue weighted by atomic mass is 9.67. The van der Waals surface area contributed by atoms with Crippen LogP contribution in [0.15, 0.2) is 48.8 Å². The number of benzene rings is 1. The van der Waals surface area contributed by atoms with Gasteiger partial charge in [-0.1, -0.05) is 52.0 Å². The molecule has 2 aromatic rings. The van der Waals surface area contributed by atoms with Gasteiger partial charge in [-0.3, -0.25) is 4.98 Å². The van der Waals surface area contributed by atoms with Gasteiger partial charge in [0.05, 0.1) is 0 Å². The molecule has 0 N–H and O–H groups in total. The van der Waals surface area contributed by atoms with Gasteiger partial charge in [0.15, 0.2) is 0 Å². The Balaban J connectivity index is 2.70. The summed E-state index contributed by atoms with van der Waals surface area (Å²) in [7, 11) is 0. The van der Waals surface area contributed by atoms with E-state index in [1.807, 2.05) is 20.8 Å². The van der Waals surface area contributed by atoms with Gasteiger partial charge in [-0.25, -0.2) is 0 Å². The number of hydrogen-bond donors (Lipinski definition) is 0. The van der Waals surface area contributed by atoms with Gasteiger partial charge in [-0.05, 0) is 40.7 Å². The number of alkyl halides is 9. The van der Waals surface area contributed by atoms with E-state index in [9.17, 15) is 39.5 Å². The second-order valence-corrected chi connectivity index (χ2v) is 9.03. The molecule has 0 spiro atoms. The molecule has 184 valence electrons. The summed E-state index contributed by atoms with van der Waals surface area (Å²) < 4.78 is 123. The van der Waals surface area contributed by atoms with Crippen molar-refractivity contribution in [2.75, 3.05) is 0 Å². The van der Waals surface area contributed by atoms with Gasteiger partial charge >= 0.3 is 23.9 Å². The van der Waals surface area contributed by atoms with E-state index in [4.69, 9.17) is 0 Å². The van der Waals surface area contributed by atoms with Gasteiger partial charge in [0.25, 0.3) is 0 Å². The molecular weight excluding hydrogens is 461 g/mol. The largest absolute Gasteiger partial charge is 0.460 e. The zero-order valence-corrected chi connectivity index (χ0v) is 18.4. The molecule has 2 rings (SSSR count). The zero-order valence-electron chi connectivity index (χ0n) is 18.4. The van der Waals surface area contributed by atoms with E-state index in [-0.39, 0.29) is 23.0 Å². The molecule has 0 amide bonds. The Kier molecular flexibility index (Phi) is 6.96. The maximum Gasteiger partial charge on any atom is 0.460 e. The predicted molar refractivity (Wildman–Crippen MR) is 106 cm³/mol. The zero-order chi connectivity index (χ0) is 25.5. The van der Waals surface area contributed by atoms with Crippen molar-refractivity contribution in [2.24, 2.45) is 0 Å². The smallest absolute Gasteiger partial charge is 0.265 e. The summed E-state index contributed by atoms with van der Waals surface area (Å²) in [6, 6.07) is 8.47. The molecule has 0 fully saturated rings. The van der Waals surface area contributed by atoms with E-state index in [0.29, 0.717) is 0 Å². The van der Waals surface area contributed by atoms with Crippen LogP contribution in [0.25, 0.3) is 0 Å². The second-order valence-electron chi connectivity index (χ2n) is 9.03. The molecule has 0 saturated carbocycles. The maximum atomic E-state index is 14.8. The van der Waals surface area contributed by atoms with Crippen LogP contribution in [-0.4, -0.2) is 28.9 Å². The fourth-order valence-electron chi connectivity index (χ4n) is 3.76. The van der Waals surface area contributed by atoms with E-state index in [1.165, 1.54) is 43.6 Å². The first-order valence-electron chi connectivity index (χ1n) is 10.1. The molecule has 1 heterocycles. The number of hydrogen-bond acceptors (Lipinski definition) is 1. The van der Waals surface area contributed by atoms with Crippen LogP contribution < -0.4 is 0 Å². The monoisotopic (exact) mass is 485 g/mol. The van der Waals surface area contributed by atoms with Gasteiger partial charge in [-0.15, -0.1) is 0 Å². The molecule has 0 aliphatic heterocycles. The molecule has 1 nitrogen and oxygen atoms in total. The van der Waals surface area contributed by atoms with E-state index in [2.05, 4.69) is 4.98 Å². The average molecular weight is 485 g/mol. The Morgan fingerprint density at radius 1 is 0.636 bits per heavy atom. The first kappa shape index (κ1) is 27.0. The number of halogens is 9. The lowest BCUT2D eigenvalue weighted by Crippen LogP contribution is -2.62. The maximum absolute atomic E-state index is 14.8. The van der Waals surface area contributed by atoms with Gasteiger partial charge in [0, 0.05) is 24.2 Å². The van der Waals surface area contributed by atoms with Crippen molar-refractivity contribution >= 4 is 0 Å². The van der Waals surface area contributed by atoms with Crippen molar-refractivity contribution in [3.8, 4) is 0 Å². The third kappa shape index (κ3) is 4.71. The molecule has 0 bridgehead atoms. The van der Waals surface area contributed by atoms with E-state index < -0.39 is 35.8 Å². The van der Waals surface area contributed by atoms with Gasteiger partial charge in [0.1, 0.15) is 0 Å². The van der Waals surface area contributed by atoms with Crippen molar-refractivity contribution in [3.05, 3.63) is 65.5 Å². The van der Waals surface area contributed by atoms with Crippen molar-refractivity contribution in [3.63, 3.8) is 0 Å². The Morgan fingerprint density at radius 2 is 1.06 bits per heavy atom. The molecule has 0 radical (unpaired) electrons. The van der Waals surface area contributed by atoms with Crippen LogP contribution in [0.2, 0.25) is 0 Å². The van der Waals surface area contributed by atoms with Gasteiger partial charge < -0.3 is 0 Å². The average Bonchev–Trinajstić information content (AvgIpc) is 2.71. The van der Waals surface area contributed by atoms with Crippen LogP contribution in [0.1, 0.15) is 57.2 Å². The summed E-state index contributed by atoms with van der Waals surface area (Å²) in [6.07, 6.45) is -6.73. The van der Waals surface area contributed by atoms with Crippen LogP contribution in [0.5, 0.6) is 0 Å². The molecule has 0 aliphatic rings. The molecule has 1 aromatic heterocycles. The van der Waals surface area contributed by atoms with Crippen LogP contribution >= 0.6 is 0 Å². The summed E-state index contributed by atoms with van der Waals surface area (Å²) in [6.45, 7) is 7.01. The molecule has 0 saturated heterocycles. The third-order valence-electron chi connectivity index (χ3n) is 5.87. The normalized spacial score (nSPS) is 15.9. The number of rotatable bonds is 7. The van der Waals surface area contributed by atoms with Crippen molar-refractivity contribution in [2.45, 2.75) is 75.3 Å². The standard InChI is InChI=1S/C23H24F9N/c1-5-19(17-10-12-33-13-11-17,16-8-6-15(7-9-16)18(2,3)4)14-20(24,25)21(26,27)22(28,29)23(30,31)32/h6-13H,5,14H2,1-4H3. The Labute approximate surface area is 186 Å². The number of pyridine rings is 1.